The van der Waals surface area contributed by atoms with E-state index in [1.807, 2.05) is 19.1 Å². The summed E-state index contributed by atoms with van der Waals surface area (Å²) in [4.78, 5) is 24.2. The topological polar surface area (TPSA) is 46.2 Å². The van der Waals surface area contributed by atoms with Gasteiger partial charge in [-0.25, -0.2) is 0 Å². The van der Waals surface area contributed by atoms with Crippen LogP contribution >= 0.6 is 27.3 Å². The number of rotatable bonds is 2. The van der Waals surface area contributed by atoms with Crippen molar-refractivity contribution in [3.63, 3.8) is 0 Å². The SMILES string of the molecule is CCC1C(=O)NC(=O)CC1c1ccc(Br)s1. The summed E-state index contributed by atoms with van der Waals surface area (Å²) >= 11 is 5.01. The number of piperidine rings is 1. The highest BCUT2D eigenvalue weighted by Crippen LogP contribution is 2.38. The van der Waals surface area contributed by atoms with E-state index < -0.39 is 0 Å². The average Bonchev–Trinajstić information content (AvgIpc) is 2.63. The summed E-state index contributed by atoms with van der Waals surface area (Å²) in [5.74, 6) is -0.330. The molecule has 1 aromatic rings. The molecule has 2 rings (SSSR count). The molecule has 86 valence electrons. The lowest BCUT2D eigenvalue weighted by atomic mass is 9.82. The minimum absolute atomic E-state index is 0.0440. The monoisotopic (exact) mass is 301 g/mol. The maximum atomic E-state index is 11.7. The van der Waals surface area contributed by atoms with Crippen molar-refractivity contribution in [2.75, 3.05) is 0 Å². The number of nitrogens with one attached hydrogen (secondary N) is 1. The van der Waals surface area contributed by atoms with Crippen LogP contribution in [0.1, 0.15) is 30.6 Å². The van der Waals surface area contributed by atoms with Gasteiger partial charge in [0.1, 0.15) is 0 Å². The van der Waals surface area contributed by atoms with E-state index in [2.05, 4.69) is 21.2 Å². The van der Waals surface area contributed by atoms with Gasteiger partial charge in [-0.05, 0) is 34.5 Å². The Bertz CT molecular complexity index is 429. The smallest absolute Gasteiger partial charge is 0.230 e. The Hall–Kier alpha value is -0.680. The summed E-state index contributed by atoms with van der Waals surface area (Å²) in [5, 5.41) is 2.40. The lowest BCUT2D eigenvalue weighted by Gasteiger charge is -2.28. The van der Waals surface area contributed by atoms with Crippen LogP contribution < -0.4 is 5.32 Å². The molecule has 0 saturated carbocycles. The lowest BCUT2D eigenvalue weighted by molar-refractivity contribution is -0.137. The molecule has 1 aromatic heterocycles. The zero-order valence-electron chi connectivity index (χ0n) is 8.83. The molecule has 0 bridgehead atoms. The minimum atomic E-state index is -0.163. The van der Waals surface area contributed by atoms with Crippen LogP contribution in [0.3, 0.4) is 0 Å². The first-order valence-electron chi connectivity index (χ1n) is 5.20. The van der Waals surface area contributed by atoms with Crippen molar-refractivity contribution >= 4 is 39.1 Å². The van der Waals surface area contributed by atoms with Crippen LogP contribution in [0.5, 0.6) is 0 Å². The van der Waals surface area contributed by atoms with Crippen LogP contribution in [0.4, 0.5) is 0 Å². The van der Waals surface area contributed by atoms with E-state index in [0.29, 0.717) is 6.42 Å². The summed E-state index contributed by atoms with van der Waals surface area (Å²) in [7, 11) is 0. The standard InChI is InChI=1S/C11H12BrNO2S/c1-2-6-7(5-10(14)13-11(6)15)8-3-4-9(12)16-8/h3-4,6-7H,2,5H2,1H3,(H,13,14,15). The van der Waals surface area contributed by atoms with Gasteiger partial charge >= 0.3 is 0 Å². The highest BCUT2D eigenvalue weighted by molar-refractivity contribution is 9.11. The maximum absolute atomic E-state index is 11.7. The highest BCUT2D eigenvalue weighted by Gasteiger charge is 2.36. The number of thiophene rings is 1. The number of hydrogen-bond acceptors (Lipinski definition) is 3. The summed E-state index contributed by atoms with van der Waals surface area (Å²) < 4.78 is 1.04. The van der Waals surface area contributed by atoms with Crippen LogP contribution in [0.15, 0.2) is 15.9 Å². The van der Waals surface area contributed by atoms with E-state index in [-0.39, 0.29) is 23.7 Å². The number of carbonyl (C=O) groups is 2. The second-order valence-corrected chi connectivity index (χ2v) is 6.37. The second kappa shape index (κ2) is 4.67. The van der Waals surface area contributed by atoms with Gasteiger partial charge < -0.3 is 0 Å². The van der Waals surface area contributed by atoms with Crippen molar-refractivity contribution in [2.24, 2.45) is 5.92 Å². The van der Waals surface area contributed by atoms with Crippen LogP contribution in [0.25, 0.3) is 0 Å². The molecule has 1 N–H and O–H groups in total. The molecule has 1 aliphatic rings. The van der Waals surface area contributed by atoms with Gasteiger partial charge in [-0.15, -0.1) is 11.3 Å². The molecule has 2 atom stereocenters. The van der Waals surface area contributed by atoms with Gasteiger partial charge in [0.2, 0.25) is 11.8 Å². The first kappa shape index (κ1) is 11.8. The van der Waals surface area contributed by atoms with E-state index in [1.54, 1.807) is 11.3 Å². The Balaban J connectivity index is 2.29. The number of halogens is 1. The van der Waals surface area contributed by atoms with E-state index in [9.17, 15) is 9.59 Å². The largest absolute Gasteiger partial charge is 0.296 e. The normalized spacial score (nSPS) is 25.6. The molecule has 0 radical (unpaired) electrons. The fraction of sp³-hybridized carbons (Fsp3) is 0.455. The number of carbonyl (C=O) groups excluding carboxylic acids is 2. The van der Waals surface area contributed by atoms with Crippen molar-refractivity contribution in [1.82, 2.24) is 5.32 Å². The Morgan fingerprint density at radius 1 is 1.50 bits per heavy atom. The molecule has 1 fully saturated rings. The van der Waals surface area contributed by atoms with Gasteiger partial charge in [-0.3, -0.25) is 14.9 Å². The quantitative estimate of drug-likeness (QED) is 0.854. The van der Waals surface area contributed by atoms with Crippen molar-refractivity contribution in [3.05, 3.63) is 20.8 Å². The Morgan fingerprint density at radius 3 is 2.81 bits per heavy atom. The van der Waals surface area contributed by atoms with Crippen molar-refractivity contribution in [3.8, 4) is 0 Å². The predicted molar refractivity (Wildman–Crippen MR) is 66.3 cm³/mol. The Morgan fingerprint density at radius 2 is 2.25 bits per heavy atom. The van der Waals surface area contributed by atoms with Crippen LogP contribution in [0, 0.1) is 5.92 Å². The van der Waals surface area contributed by atoms with Crippen molar-refractivity contribution in [1.29, 1.82) is 0 Å². The molecule has 2 heterocycles. The van der Waals surface area contributed by atoms with Crippen LogP contribution in [0.2, 0.25) is 0 Å². The summed E-state index contributed by atoms with van der Waals surface area (Å²) in [6.07, 6.45) is 1.18. The summed E-state index contributed by atoms with van der Waals surface area (Å²) in [6, 6.07) is 3.96. The Labute approximate surface area is 106 Å². The van der Waals surface area contributed by atoms with Gasteiger partial charge in [0.25, 0.3) is 0 Å². The number of imide groups is 1. The molecule has 3 nitrogen and oxygen atoms in total. The average molecular weight is 302 g/mol. The van der Waals surface area contributed by atoms with Crippen LogP contribution in [-0.2, 0) is 9.59 Å². The lowest BCUT2D eigenvalue weighted by Crippen LogP contribution is -2.44. The highest BCUT2D eigenvalue weighted by atomic mass is 79.9. The molecule has 1 saturated heterocycles. The fourth-order valence-electron chi connectivity index (χ4n) is 2.10. The van der Waals surface area contributed by atoms with E-state index >= 15 is 0 Å². The molecular formula is C11H12BrNO2S. The third-order valence-corrected chi connectivity index (χ3v) is 4.65. The van der Waals surface area contributed by atoms with Gasteiger partial charge in [-0.1, -0.05) is 6.92 Å². The molecule has 2 amide bonds. The van der Waals surface area contributed by atoms with E-state index in [0.717, 1.165) is 15.1 Å². The van der Waals surface area contributed by atoms with Crippen LogP contribution in [-0.4, -0.2) is 11.8 Å². The van der Waals surface area contributed by atoms with Gasteiger partial charge in [0.05, 0.1) is 3.79 Å². The molecule has 2 unspecified atom stereocenters. The molecule has 0 aromatic carbocycles. The van der Waals surface area contributed by atoms with Crippen molar-refractivity contribution < 1.29 is 9.59 Å². The third kappa shape index (κ3) is 2.20. The van der Waals surface area contributed by atoms with Gasteiger partial charge in [-0.2, -0.15) is 0 Å². The van der Waals surface area contributed by atoms with E-state index in [1.165, 1.54) is 0 Å². The third-order valence-electron chi connectivity index (χ3n) is 2.89. The number of hydrogen-bond donors (Lipinski definition) is 1. The Kier molecular flexibility index (Phi) is 3.44. The minimum Gasteiger partial charge on any atom is -0.296 e. The zero-order chi connectivity index (χ0) is 11.7. The number of amides is 2. The van der Waals surface area contributed by atoms with Gasteiger partial charge in [0.15, 0.2) is 0 Å². The second-order valence-electron chi connectivity index (χ2n) is 3.88. The maximum Gasteiger partial charge on any atom is 0.230 e. The zero-order valence-corrected chi connectivity index (χ0v) is 11.2. The fourth-order valence-corrected chi connectivity index (χ4v) is 3.69. The van der Waals surface area contributed by atoms with Gasteiger partial charge in [0, 0.05) is 23.1 Å². The first-order valence-corrected chi connectivity index (χ1v) is 6.81. The molecular weight excluding hydrogens is 290 g/mol. The molecule has 16 heavy (non-hydrogen) atoms. The summed E-state index contributed by atoms with van der Waals surface area (Å²) in [6.45, 7) is 1.98. The molecule has 0 spiro atoms. The predicted octanol–water partition coefficient (Wildman–Crippen LogP) is 2.67. The summed E-state index contributed by atoms with van der Waals surface area (Å²) in [5.41, 5.74) is 0. The molecule has 1 aliphatic heterocycles. The molecule has 0 aliphatic carbocycles. The molecule has 5 heteroatoms. The van der Waals surface area contributed by atoms with Crippen molar-refractivity contribution in [2.45, 2.75) is 25.7 Å². The van der Waals surface area contributed by atoms with E-state index in [4.69, 9.17) is 0 Å². The first-order chi connectivity index (χ1) is 7.61.